The van der Waals surface area contributed by atoms with Crippen LogP contribution in [0.3, 0.4) is 0 Å². The Morgan fingerprint density at radius 1 is 1.38 bits per heavy atom. The number of carbonyl (C=O) groups excluding carboxylic acids is 1. The molecule has 1 aromatic carbocycles. The summed E-state index contributed by atoms with van der Waals surface area (Å²) in [5.41, 5.74) is 1.05. The van der Waals surface area contributed by atoms with Gasteiger partial charge in [-0.25, -0.2) is 0 Å². The maximum Gasteiger partial charge on any atom is 0.310 e. The van der Waals surface area contributed by atoms with Gasteiger partial charge < -0.3 is 10.1 Å². The van der Waals surface area contributed by atoms with Crippen molar-refractivity contribution in [2.24, 2.45) is 5.92 Å². The highest BCUT2D eigenvalue weighted by Gasteiger charge is 2.20. The van der Waals surface area contributed by atoms with E-state index in [4.69, 9.17) is 4.74 Å². The summed E-state index contributed by atoms with van der Waals surface area (Å²) in [6, 6.07) is 8.03. The van der Waals surface area contributed by atoms with Crippen LogP contribution in [0.5, 0.6) is 0 Å². The van der Waals surface area contributed by atoms with Gasteiger partial charge in [-0.05, 0) is 48.6 Å². The van der Waals surface area contributed by atoms with E-state index in [9.17, 15) is 4.79 Å². The number of nitrogens with one attached hydrogen (secondary N) is 1. The maximum absolute atomic E-state index is 11.4. The van der Waals surface area contributed by atoms with Crippen LogP contribution in [0.2, 0.25) is 0 Å². The third-order valence-corrected chi connectivity index (χ3v) is 3.52. The molecule has 1 aromatic rings. The van der Waals surface area contributed by atoms with Crippen molar-refractivity contribution < 1.29 is 9.53 Å². The summed E-state index contributed by atoms with van der Waals surface area (Å²) in [6.07, 6.45) is 0. The standard InChI is InChI=1S/C12H16INO2/c1-8(12(15)16-3)9(2)14-11-7-5-4-6-10(11)13/h4-9,14H,1-3H3. The summed E-state index contributed by atoms with van der Waals surface area (Å²) in [5, 5.41) is 3.32. The molecule has 0 fully saturated rings. The van der Waals surface area contributed by atoms with Crippen LogP contribution in [0, 0.1) is 9.49 Å². The molecule has 0 heterocycles. The Hall–Kier alpha value is -0.780. The molecule has 0 aliphatic heterocycles. The highest BCUT2D eigenvalue weighted by atomic mass is 127. The summed E-state index contributed by atoms with van der Waals surface area (Å²) in [7, 11) is 1.41. The van der Waals surface area contributed by atoms with Gasteiger partial charge in [0.05, 0.1) is 13.0 Å². The van der Waals surface area contributed by atoms with Gasteiger partial charge in [-0.1, -0.05) is 12.1 Å². The van der Waals surface area contributed by atoms with Crippen molar-refractivity contribution in [2.45, 2.75) is 19.9 Å². The number of anilines is 1. The van der Waals surface area contributed by atoms with E-state index in [1.165, 1.54) is 7.11 Å². The Labute approximate surface area is 110 Å². The first-order valence-corrected chi connectivity index (χ1v) is 6.23. The maximum atomic E-state index is 11.4. The molecule has 0 saturated carbocycles. The number of methoxy groups -OCH3 is 1. The van der Waals surface area contributed by atoms with E-state index in [2.05, 4.69) is 27.9 Å². The topological polar surface area (TPSA) is 38.3 Å². The summed E-state index contributed by atoms with van der Waals surface area (Å²) in [5.74, 6) is -0.355. The second-order valence-electron chi connectivity index (χ2n) is 3.72. The van der Waals surface area contributed by atoms with Crippen molar-refractivity contribution >= 4 is 34.2 Å². The van der Waals surface area contributed by atoms with E-state index in [0.717, 1.165) is 9.26 Å². The molecule has 0 aromatic heterocycles. The lowest BCUT2D eigenvalue weighted by Gasteiger charge is -2.21. The van der Waals surface area contributed by atoms with E-state index in [1.54, 1.807) is 0 Å². The quantitative estimate of drug-likeness (QED) is 0.680. The fourth-order valence-corrected chi connectivity index (χ4v) is 1.88. The van der Waals surface area contributed by atoms with Gasteiger partial charge in [-0.2, -0.15) is 0 Å². The zero-order chi connectivity index (χ0) is 12.1. The van der Waals surface area contributed by atoms with Crippen molar-refractivity contribution in [1.29, 1.82) is 0 Å². The van der Waals surface area contributed by atoms with Gasteiger partial charge in [0.1, 0.15) is 0 Å². The molecule has 0 saturated heterocycles. The molecular weight excluding hydrogens is 317 g/mol. The molecule has 4 heteroatoms. The van der Waals surface area contributed by atoms with Crippen LogP contribution in [-0.4, -0.2) is 19.1 Å². The predicted octanol–water partition coefficient (Wildman–Crippen LogP) is 2.90. The number of hydrogen-bond acceptors (Lipinski definition) is 3. The zero-order valence-electron chi connectivity index (χ0n) is 9.66. The normalized spacial score (nSPS) is 14.0. The molecule has 2 unspecified atom stereocenters. The van der Waals surface area contributed by atoms with Crippen LogP contribution >= 0.6 is 22.6 Å². The van der Waals surface area contributed by atoms with Crippen molar-refractivity contribution in [3.8, 4) is 0 Å². The fraction of sp³-hybridized carbons (Fsp3) is 0.417. The second-order valence-corrected chi connectivity index (χ2v) is 4.89. The number of halogens is 1. The SMILES string of the molecule is COC(=O)C(C)C(C)Nc1ccccc1I. The van der Waals surface area contributed by atoms with Crippen molar-refractivity contribution in [2.75, 3.05) is 12.4 Å². The summed E-state index contributed by atoms with van der Waals surface area (Å²) < 4.78 is 5.86. The number of hydrogen-bond donors (Lipinski definition) is 1. The Kier molecular flexibility index (Phi) is 5.05. The Balaban J connectivity index is 2.68. The summed E-state index contributed by atoms with van der Waals surface area (Å²) in [6.45, 7) is 3.84. The average Bonchev–Trinajstić information content (AvgIpc) is 2.30. The van der Waals surface area contributed by atoms with E-state index >= 15 is 0 Å². The molecule has 1 rings (SSSR count). The molecule has 0 amide bonds. The first kappa shape index (κ1) is 13.3. The number of carbonyl (C=O) groups is 1. The highest BCUT2D eigenvalue weighted by molar-refractivity contribution is 14.1. The van der Waals surface area contributed by atoms with E-state index in [0.29, 0.717) is 0 Å². The minimum absolute atomic E-state index is 0.0448. The molecular formula is C12H16INO2. The predicted molar refractivity (Wildman–Crippen MR) is 73.4 cm³/mol. The zero-order valence-corrected chi connectivity index (χ0v) is 11.8. The van der Waals surface area contributed by atoms with Crippen molar-refractivity contribution in [3.05, 3.63) is 27.8 Å². The van der Waals surface area contributed by atoms with E-state index < -0.39 is 0 Å². The van der Waals surface area contributed by atoms with E-state index in [1.807, 2.05) is 38.1 Å². The largest absolute Gasteiger partial charge is 0.469 e. The Morgan fingerprint density at radius 2 is 2.00 bits per heavy atom. The highest BCUT2D eigenvalue weighted by Crippen LogP contribution is 2.20. The van der Waals surface area contributed by atoms with Gasteiger partial charge in [0.2, 0.25) is 0 Å². The molecule has 0 aliphatic carbocycles. The van der Waals surface area contributed by atoms with Crippen LogP contribution in [0.4, 0.5) is 5.69 Å². The third-order valence-electron chi connectivity index (χ3n) is 2.58. The minimum Gasteiger partial charge on any atom is -0.469 e. The molecule has 2 atom stereocenters. The van der Waals surface area contributed by atoms with Gasteiger partial charge in [0.25, 0.3) is 0 Å². The lowest BCUT2D eigenvalue weighted by Crippen LogP contribution is -2.30. The molecule has 0 bridgehead atoms. The molecule has 88 valence electrons. The van der Waals surface area contributed by atoms with Gasteiger partial charge in [0.15, 0.2) is 0 Å². The average molecular weight is 333 g/mol. The van der Waals surface area contributed by atoms with Crippen LogP contribution in [-0.2, 0) is 9.53 Å². The number of ether oxygens (including phenoxy) is 1. The smallest absolute Gasteiger partial charge is 0.310 e. The first-order valence-electron chi connectivity index (χ1n) is 5.15. The van der Waals surface area contributed by atoms with Crippen LogP contribution in [0.1, 0.15) is 13.8 Å². The molecule has 0 radical (unpaired) electrons. The first-order chi connectivity index (χ1) is 7.56. The van der Waals surface area contributed by atoms with Gasteiger partial charge in [-0.3, -0.25) is 4.79 Å². The summed E-state index contributed by atoms with van der Waals surface area (Å²) in [4.78, 5) is 11.4. The molecule has 0 aliphatic rings. The minimum atomic E-state index is -0.189. The number of esters is 1. The lowest BCUT2D eigenvalue weighted by molar-refractivity contribution is -0.145. The Bertz CT molecular complexity index is 368. The number of para-hydroxylation sites is 1. The molecule has 3 nitrogen and oxygen atoms in total. The van der Waals surface area contributed by atoms with Crippen LogP contribution in [0.25, 0.3) is 0 Å². The number of rotatable bonds is 4. The van der Waals surface area contributed by atoms with Gasteiger partial charge >= 0.3 is 5.97 Å². The molecule has 0 spiro atoms. The molecule has 16 heavy (non-hydrogen) atoms. The second kappa shape index (κ2) is 6.08. The van der Waals surface area contributed by atoms with Gasteiger partial charge in [-0.15, -0.1) is 0 Å². The fourth-order valence-electron chi connectivity index (χ4n) is 1.34. The monoisotopic (exact) mass is 333 g/mol. The van der Waals surface area contributed by atoms with Crippen molar-refractivity contribution in [1.82, 2.24) is 0 Å². The van der Waals surface area contributed by atoms with Crippen molar-refractivity contribution in [3.63, 3.8) is 0 Å². The lowest BCUT2D eigenvalue weighted by atomic mass is 10.0. The third kappa shape index (κ3) is 3.37. The number of benzene rings is 1. The summed E-state index contributed by atoms with van der Waals surface area (Å²) >= 11 is 2.27. The Morgan fingerprint density at radius 3 is 2.56 bits per heavy atom. The molecule has 1 N–H and O–H groups in total. The van der Waals surface area contributed by atoms with Crippen LogP contribution in [0.15, 0.2) is 24.3 Å². The van der Waals surface area contributed by atoms with Gasteiger partial charge in [0, 0.05) is 15.3 Å². The van der Waals surface area contributed by atoms with E-state index in [-0.39, 0.29) is 17.9 Å². The van der Waals surface area contributed by atoms with Crippen LogP contribution < -0.4 is 5.32 Å².